The van der Waals surface area contributed by atoms with Gasteiger partial charge in [-0.25, -0.2) is 0 Å². The van der Waals surface area contributed by atoms with E-state index < -0.39 is 17.6 Å². The quantitative estimate of drug-likeness (QED) is 0.858. The van der Waals surface area contributed by atoms with Crippen molar-refractivity contribution in [3.05, 3.63) is 33.8 Å². The highest BCUT2D eigenvalue weighted by molar-refractivity contribution is 9.10. The molecule has 110 valence electrons. The van der Waals surface area contributed by atoms with Crippen LogP contribution in [0.2, 0.25) is 0 Å². The third kappa shape index (κ3) is 3.98. The fraction of sp³-hybridized carbons (Fsp3) is 0.500. The zero-order valence-electron chi connectivity index (χ0n) is 10.9. The van der Waals surface area contributed by atoms with Crippen LogP contribution in [0.4, 0.5) is 13.2 Å². The maximum absolute atomic E-state index is 12.9. The summed E-state index contributed by atoms with van der Waals surface area (Å²) in [5.74, 6) is -0.0599. The molecule has 1 fully saturated rings. The van der Waals surface area contributed by atoms with Gasteiger partial charge in [-0.05, 0) is 37.5 Å². The molecule has 6 heteroatoms. The highest BCUT2D eigenvalue weighted by Crippen LogP contribution is 2.35. The molecule has 0 aliphatic heterocycles. The molecule has 1 saturated carbocycles. The van der Waals surface area contributed by atoms with Crippen molar-refractivity contribution in [2.45, 2.75) is 38.4 Å². The summed E-state index contributed by atoms with van der Waals surface area (Å²) < 4.78 is 39.1. The zero-order valence-corrected chi connectivity index (χ0v) is 12.5. The minimum Gasteiger partial charge on any atom is -0.350 e. The molecule has 0 heterocycles. The lowest BCUT2D eigenvalue weighted by molar-refractivity contribution is -0.138. The second kappa shape index (κ2) is 5.76. The predicted molar refractivity (Wildman–Crippen MR) is 73.4 cm³/mol. The number of benzene rings is 1. The van der Waals surface area contributed by atoms with E-state index in [9.17, 15) is 18.0 Å². The largest absolute Gasteiger partial charge is 0.417 e. The highest BCUT2D eigenvalue weighted by atomic mass is 79.9. The molecule has 1 aliphatic carbocycles. The van der Waals surface area contributed by atoms with E-state index in [1.807, 2.05) is 6.92 Å². The van der Waals surface area contributed by atoms with Crippen molar-refractivity contribution in [2.24, 2.45) is 5.92 Å². The number of rotatable bonds is 4. The van der Waals surface area contributed by atoms with Gasteiger partial charge in [0.05, 0.1) is 11.1 Å². The Bertz CT molecular complexity index is 512. The van der Waals surface area contributed by atoms with Crippen molar-refractivity contribution in [1.29, 1.82) is 0 Å². The first-order valence-electron chi connectivity index (χ1n) is 6.45. The Morgan fingerprint density at radius 3 is 2.65 bits per heavy atom. The molecule has 1 aliphatic rings. The van der Waals surface area contributed by atoms with E-state index in [0.29, 0.717) is 10.4 Å². The Morgan fingerprint density at radius 1 is 1.45 bits per heavy atom. The molecule has 1 amide bonds. The first-order valence-corrected chi connectivity index (χ1v) is 7.24. The normalized spacial score (nSPS) is 16.9. The first-order chi connectivity index (χ1) is 9.27. The fourth-order valence-electron chi connectivity index (χ4n) is 2.16. The minimum atomic E-state index is -4.55. The SMILES string of the molecule is CC(CC1CC1)NC(=O)c1ccc(Br)cc1C(F)(F)F. The molecule has 2 nitrogen and oxygen atoms in total. The molecular formula is C14H15BrF3NO. The van der Waals surface area contributed by atoms with Gasteiger partial charge < -0.3 is 5.32 Å². The third-order valence-corrected chi connectivity index (χ3v) is 3.79. The first kappa shape index (κ1) is 15.4. The molecule has 1 atom stereocenters. The molecular weight excluding hydrogens is 335 g/mol. The maximum Gasteiger partial charge on any atom is 0.417 e. The van der Waals surface area contributed by atoms with Gasteiger partial charge in [0.1, 0.15) is 0 Å². The Hall–Kier alpha value is -1.04. The van der Waals surface area contributed by atoms with E-state index in [4.69, 9.17) is 0 Å². The summed E-state index contributed by atoms with van der Waals surface area (Å²) in [6, 6.07) is 3.46. The monoisotopic (exact) mass is 349 g/mol. The summed E-state index contributed by atoms with van der Waals surface area (Å²) in [4.78, 5) is 12.0. The van der Waals surface area contributed by atoms with Crippen LogP contribution in [0, 0.1) is 5.92 Å². The maximum atomic E-state index is 12.9. The van der Waals surface area contributed by atoms with Gasteiger partial charge in [-0.1, -0.05) is 28.8 Å². The van der Waals surface area contributed by atoms with Gasteiger partial charge >= 0.3 is 6.18 Å². The summed E-state index contributed by atoms with van der Waals surface area (Å²) in [6.45, 7) is 1.82. The second-order valence-electron chi connectivity index (χ2n) is 5.24. The Morgan fingerprint density at radius 2 is 2.10 bits per heavy atom. The molecule has 2 rings (SSSR count). The third-order valence-electron chi connectivity index (χ3n) is 3.29. The molecule has 0 radical (unpaired) electrons. The van der Waals surface area contributed by atoms with Crippen LogP contribution in [0.5, 0.6) is 0 Å². The van der Waals surface area contributed by atoms with Crippen molar-refractivity contribution in [1.82, 2.24) is 5.32 Å². The molecule has 1 aromatic carbocycles. The van der Waals surface area contributed by atoms with Crippen LogP contribution in [0.15, 0.2) is 22.7 Å². The summed E-state index contributed by atoms with van der Waals surface area (Å²) in [7, 11) is 0. The number of carbonyl (C=O) groups is 1. The lowest BCUT2D eigenvalue weighted by atomic mass is 10.1. The summed E-state index contributed by atoms with van der Waals surface area (Å²) >= 11 is 3.00. The number of nitrogens with one attached hydrogen (secondary N) is 1. The summed E-state index contributed by atoms with van der Waals surface area (Å²) in [5, 5.41) is 2.65. The van der Waals surface area contributed by atoms with Gasteiger partial charge in [0.25, 0.3) is 5.91 Å². The van der Waals surface area contributed by atoms with Crippen molar-refractivity contribution < 1.29 is 18.0 Å². The van der Waals surface area contributed by atoms with Crippen LogP contribution in [0.3, 0.4) is 0 Å². The van der Waals surface area contributed by atoms with Gasteiger partial charge in [-0.3, -0.25) is 4.79 Å². The van der Waals surface area contributed by atoms with E-state index in [1.165, 1.54) is 12.1 Å². The molecule has 0 saturated heterocycles. The van der Waals surface area contributed by atoms with Gasteiger partial charge in [-0.2, -0.15) is 13.2 Å². The molecule has 1 N–H and O–H groups in total. The highest BCUT2D eigenvalue weighted by Gasteiger charge is 2.35. The van der Waals surface area contributed by atoms with Crippen molar-refractivity contribution >= 4 is 21.8 Å². The molecule has 0 spiro atoms. The Balaban J connectivity index is 2.15. The average Bonchev–Trinajstić information content (AvgIpc) is 3.11. The van der Waals surface area contributed by atoms with Crippen LogP contribution in [-0.2, 0) is 6.18 Å². The number of alkyl halides is 3. The van der Waals surface area contributed by atoms with Crippen LogP contribution in [-0.4, -0.2) is 11.9 Å². The number of halogens is 4. The van der Waals surface area contributed by atoms with Gasteiger partial charge in [0.2, 0.25) is 0 Å². The zero-order chi connectivity index (χ0) is 14.9. The minimum absolute atomic E-state index is 0.111. The van der Waals surface area contributed by atoms with Gasteiger partial charge in [0.15, 0.2) is 0 Å². The topological polar surface area (TPSA) is 29.1 Å². The van der Waals surface area contributed by atoms with Crippen LogP contribution in [0.25, 0.3) is 0 Å². The second-order valence-corrected chi connectivity index (χ2v) is 6.16. The summed E-state index contributed by atoms with van der Waals surface area (Å²) in [6.07, 6.45) is -1.43. The van der Waals surface area contributed by atoms with E-state index in [2.05, 4.69) is 21.2 Å². The van der Waals surface area contributed by atoms with Crippen molar-refractivity contribution in [3.63, 3.8) is 0 Å². The van der Waals surface area contributed by atoms with Gasteiger partial charge in [0, 0.05) is 10.5 Å². The molecule has 20 heavy (non-hydrogen) atoms. The van der Waals surface area contributed by atoms with E-state index >= 15 is 0 Å². The van der Waals surface area contributed by atoms with E-state index in [0.717, 1.165) is 25.3 Å². The van der Waals surface area contributed by atoms with Crippen molar-refractivity contribution in [3.8, 4) is 0 Å². The lowest BCUT2D eigenvalue weighted by Crippen LogP contribution is -2.34. The number of hydrogen-bond acceptors (Lipinski definition) is 1. The van der Waals surface area contributed by atoms with E-state index in [1.54, 1.807) is 0 Å². The summed E-state index contributed by atoms with van der Waals surface area (Å²) in [5.41, 5.74) is -1.24. The van der Waals surface area contributed by atoms with E-state index in [-0.39, 0.29) is 11.6 Å². The number of carbonyl (C=O) groups excluding carboxylic acids is 1. The number of hydrogen-bond donors (Lipinski definition) is 1. The average molecular weight is 350 g/mol. The fourth-order valence-corrected chi connectivity index (χ4v) is 2.52. The van der Waals surface area contributed by atoms with Crippen LogP contribution >= 0.6 is 15.9 Å². The molecule has 1 aromatic rings. The van der Waals surface area contributed by atoms with Gasteiger partial charge in [-0.15, -0.1) is 0 Å². The molecule has 1 unspecified atom stereocenters. The standard InChI is InChI=1S/C14H15BrF3NO/c1-8(6-9-2-3-9)19-13(20)11-5-4-10(15)7-12(11)14(16,17)18/h4-5,7-9H,2-3,6H2,1H3,(H,19,20). The number of amides is 1. The smallest absolute Gasteiger partial charge is 0.350 e. The molecule has 0 bridgehead atoms. The van der Waals surface area contributed by atoms with Crippen LogP contribution < -0.4 is 5.32 Å². The van der Waals surface area contributed by atoms with Crippen LogP contribution in [0.1, 0.15) is 42.1 Å². The lowest BCUT2D eigenvalue weighted by Gasteiger charge is -2.17. The Kier molecular flexibility index (Phi) is 4.42. The Labute approximate surface area is 123 Å². The molecule has 0 aromatic heterocycles. The predicted octanol–water partition coefficient (Wildman–Crippen LogP) is 4.39. The van der Waals surface area contributed by atoms with Crippen molar-refractivity contribution in [2.75, 3.05) is 0 Å².